The molecular formula is C14H19NO3. The highest BCUT2D eigenvalue weighted by molar-refractivity contribution is 5.88. The summed E-state index contributed by atoms with van der Waals surface area (Å²) in [6, 6.07) is 3.45. The summed E-state index contributed by atoms with van der Waals surface area (Å²) in [6.07, 6.45) is 0.255. The molecule has 1 aromatic rings. The Balaban J connectivity index is 2.89. The first-order chi connectivity index (χ1) is 8.23. The summed E-state index contributed by atoms with van der Waals surface area (Å²) < 4.78 is 5.15. The quantitative estimate of drug-likeness (QED) is 0.816. The normalized spacial score (nSPS) is 10.9. The number of anilines is 1. The smallest absolute Gasteiger partial charge is 0.412 e. The number of nitrogens with one attached hydrogen (secondary N) is 1. The van der Waals surface area contributed by atoms with Crippen molar-refractivity contribution in [2.24, 2.45) is 0 Å². The van der Waals surface area contributed by atoms with E-state index < -0.39 is 11.7 Å². The summed E-state index contributed by atoms with van der Waals surface area (Å²) in [7, 11) is 0. The van der Waals surface area contributed by atoms with Gasteiger partial charge in [0.05, 0.1) is 0 Å². The Morgan fingerprint density at radius 3 is 2.39 bits per heavy atom. The molecule has 0 heterocycles. The third-order valence-electron chi connectivity index (χ3n) is 2.48. The van der Waals surface area contributed by atoms with Gasteiger partial charge in [-0.15, -0.1) is 0 Å². The number of aryl methyl sites for hydroxylation is 1. The summed E-state index contributed by atoms with van der Waals surface area (Å²) in [4.78, 5) is 22.5. The predicted molar refractivity (Wildman–Crippen MR) is 71.2 cm³/mol. The maximum Gasteiger partial charge on any atom is 0.412 e. The molecule has 0 aliphatic carbocycles. The van der Waals surface area contributed by atoms with Crippen LogP contribution in [0.5, 0.6) is 0 Å². The van der Waals surface area contributed by atoms with Crippen LogP contribution in [0.25, 0.3) is 0 Å². The van der Waals surface area contributed by atoms with Crippen molar-refractivity contribution in [1.29, 1.82) is 0 Å². The lowest BCUT2D eigenvalue weighted by atomic mass is 10.0. The second-order valence-electron chi connectivity index (χ2n) is 5.25. The second-order valence-corrected chi connectivity index (χ2v) is 5.25. The van der Waals surface area contributed by atoms with Crippen molar-refractivity contribution in [2.45, 2.75) is 40.2 Å². The molecule has 18 heavy (non-hydrogen) atoms. The molecule has 1 amide bonds. The molecule has 4 heteroatoms. The zero-order valence-electron chi connectivity index (χ0n) is 11.5. The van der Waals surface area contributed by atoms with Gasteiger partial charge in [-0.25, -0.2) is 4.79 Å². The number of carbonyl (C=O) groups excluding carboxylic acids is 2. The van der Waals surface area contributed by atoms with Crippen LogP contribution in [-0.2, 0) is 4.74 Å². The predicted octanol–water partition coefficient (Wildman–Crippen LogP) is 3.46. The zero-order valence-corrected chi connectivity index (χ0v) is 11.5. The summed E-state index contributed by atoms with van der Waals surface area (Å²) in [5.74, 6) is 0. The first-order valence-corrected chi connectivity index (χ1v) is 5.79. The van der Waals surface area contributed by atoms with E-state index in [-0.39, 0.29) is 0 Å². The topological polar surface area (TPSA) is 55.4 Å². The monoisotopic (exact) mass is 249 g/mol. The number of ether oxygens (including phenoxy) is 1. The maximum atomic E-state index is 11.6. The van der Waals surface area contributed by atoms with E-state index in [9.17, 15) is 9.59 Å². The Kier molecular flexibility index (Phi) is 4.11. The van der Waals surface area contributed by atoms with Crippen molar-refractivity contribution in [2.75, 3.05) is 5.32 Å². The van der Waals surface area contributed by atoms with Crippen LogP contribution in [0, 0.1) is 13.8 Å². The standard InChI is InChI=1S/C14H19NO3/c1-9-6-12(7-11(8-16)10(9)2)15-13(17)18-14(3,4)5/h6-8H,1-5H3,(H,15,17). The fourth-order valence-corrected chi connectivity index (χ4v) is 1.50. The third-order valence-corrected chi connectivity index (χ3v) is 2.48. The van der Waals surface area contributed by atoms with Crippen LogP contribution in [0.15, 0.2) is 12.1 Å². The average Bonchev–Trinajstić information content (AvgIpc) is 2.20. The number of hydrogen-bond donors (Lipinski definition) is 1. The molecule has 0 fully saturated rings. The number of amides is 1. The molecule has 0 unspecified atom stereocenters. The minimum Gasteiger partial charge on any atom is -0.444 e. The minimum absolute atomic E-state index is 0.525. The lowest BCUT2D eigenvalue weighted by Crippen LogP contribution is -2.27. The van der Waals surface area contributed by atoms with Gasteiger partial charge in [-0.2, -0.15) is 0 Å². The highest BCUT2D eigenvalue weighted by Gasteiger charge is 2.16. The van der Waals surface area contributed by atoms with Crippen molar-refractivity contribution in [3.05, 3.63) is 28.8 Å². The van der Waals surface area contributed by atoms with Crippen LogP contribution in [-0.4, -0.2) is 18.0 Å². The third kappa shape index (κ3) is 3.87. The number of hydrogen-bond acceptors (Lipinski definition) is 3. The molecule has 4 nitrogen and oxygen atoms in total. The fraction of sp³-hybridized carbons (Fsp3) is 0.429. The zero-order chi connectivity index (χ0) is 13.9. The van der Waals surface area contributed by atoms with E-state index >= 15 is 0 Å². The van der Waals surface area contributed by atoms with E-state index in [1.807, 2.05) is 19.9 Å². The van der Waals surface area contributed by atoms with E-state index in [1.165, 1.54) is 0 Å². The molecule has 1 rings (SSSR count). The van der Waals surface area contributed by atoms with E-state index in [0.29, 0.717) is 11.3 Å². The maximum absolute atomic E-state index is 11.6. The van der Waals surface area contributed by atoms with Crippen molar-refractivity contribution in [3.63, 3.8) is 0 Å². The molecule has 0 bridgehead atoms. The Morgan fingerprint density at radius 2 is 1.89 bits per heavy atom. The first kappa shape index (κ1) is 14.2. The largest absolute Gasteiger partial charge is 0.444 e. The molecule has 0 saturated carbocycles. The lowest BCUT2D eigenvalue weighted by molar-refractivity contribution is 0.0635. The van der Waals surface area contributed by atoms with Gasteiger partial charge in [0.2, 0.25) is 0 Å². The van der Waals surface area contributed by atoms with Crippen LogP contribution in [0.2, 0.25) is 0 Å². The summed E-state index contributed by atoms with van der Waals surface area (Å²) in [5, 5.41) is 2.62. The number of benzene rings is 1. The van der Waals surface area contributed by atoms with Gasteiger partial charge in [-0.3, -0.25) is 10.1 Å². The van der Waals surface area contributed by atoms with Gasteiger partial charge in [0.25, 0.3) is 0 Å². The molecule has 0 aromatic heterocycles. The average molecular weight is 249 g/mol. The van der Waals surface area contributed by atoms with E-state index in [2.05, 4.69) is 5.32 Å². The van der Waals surface area contributed by atoms with Gasteiger partial charge in [0.1, 0.15) is 11.9 Å². The number of rotatable bonds is 2. The number of aldehydes is 1. The van der Waals surface area contributed by atoms with Crippen LogP contribution < -0.4 is 5.32 Å². The highest BCUT2D eigenvalue weighted by Crippen LogP contribution is 2.19. The lowest BCUT2D eigenvalue weighted by Gasteiger charge is -2.20. The minimum atomic E-state index is -0.544. The fourth-order valence-electron chi connectivity index (χ4n) is 1.50. The Hall–Kier alpha value is -1.84. The molecular weight excluding hydrogens is 230 g/mol. The van der Waals surface area contributed by atoms with E-state index in [1.54, 1.807) is 26.8 Å². The molecule has 0 radical (unpaired) electrons. The van der Waals surface area contributed by atoms with E-state index in [0.717, 1.165) is 17.4 Å². The molecule has 1 aromatic carbocycles. The highest BCUT2D eigenvalue weighted by atomic mass is 16.6. The van der Waals surface area contributed by atoms with Gasteiger partial charge in [-0.05, 0) is 57.9 Å². The summed E-state index contributed by atoms with van der Waals surface area (Å²) in [5.41, 5.74) is 2.46. The molecule has 98 valence electrons. The molecule has 0 atom stereocenters. The van der Waals surface area contributed by atoms with Crippen LogP contribution >= 0.6 is 0 Å². The van der Waals surface area contributed by atoms with Crippen LogP contribution in [0.4, 0.5) is 10.5 Å². The molecule has 0 aliphatic rings. The molecule has 0 aliphatic heterocycles. The van der Waals surface area contributed by atoms with Crippen molar-refractivity contribution in [3.8, 4) is 0 Å². The Labute approximate surface area is 107 Å². The Morgan fingerprint density at radius 1 is 1.28 bits per heavy atom. The summed E-state index contributed by atoms with van der Waals surface area (Å²) in [6.45, 7) is 9.15. The van der Waals surface area contributed by atoms with Gasteiger partial charge < -0.3 is 4.74 Å². The second kappa shape index (κ2) is 5.21. The van der Waals surface area contributed by atoms with Gasteiger partial charge in [-0.1, -0.05) is 0 Å². The molecule has 1 N–H and O–H groups in total. The van der Waals surface area contributed by atoms with Crippen molar-refractivity contribution in [1.82, 2.24) is 0 Å². The van der Waals surface area contributed by atoms with Crippen molar-refractivity contribution >= 4 is 18.1 Å². The van der Waals surface area contributed by atoms with Crippen LogP contribution in [0.3, 0.4) is 0 Å². The Bertz CT molecular complexity index is 473. The van der Waals surface area contributed by atoms with Gasteiger partial charge >= 0.3 is 6.09 Å². The molecule has 0 saturated heterocycles. The van der Waals surface area contributed by atoms with E-state index in [4.69, 9.17) is 4.74 Å². The van der Waals surface area contributed by atoms with Gasteiger partial charge in [0.15, 0.2) is 0 Å². The SMILES string of the molecule is Cc1cc(NC(=O)OC(C)(C)C)cc(C=O)c1C. The van der Waals surface area contributed by atoms with Gasteiger partial charge in [0, 0.05) is 11.3 Å². The number of carbonyl (C=O) groups is 2. The van der Waals surface area contributed by atoms with Crippen molar-refractivity contribution < 1.29 is 14.3 Å². The van der Waals surface area contributed by atoms with Crippen LogP contribution in [0.1, 0.15) is 42.3 Å². The molecule has 0 spiro atoms. The first-order valence-electron chi connectivity index (χ1n) is 5.79. The summed E-state index contributed by atoms with van der Waals surface area (Å²) >= 11 is 0.